The summed E-state index contributed by atoms with van der Waals surface area (Å²) < 4.78 is 13.6. The second-order valence-electron chi connectivity index (χ2n) is 8.17. The molecule has 0 bridgehead atoms. The van der Waals surface area contributed by atoms with Gasteiger partial charge in [0.25, 0.3) is 0 Å². The number of halogens is 1. The molecule has 1 aliphatic carbocycles. The molecule has 0 aromatic heterocycles. The molecule has 1 heterocycles. The van der Waals surface area contributed by atoms with Crippen molar-refractivity contribution in [1.82, 2.24) is 4.90 Å². The van der Waals surface area contributed by atoms with E-state index in [0.29, 0.717) is 19.5 Å². The number of amides is 1. The lowest BCUT2D eigenvalue weighted by atomic mass is 10.0. The number of oxime groups is 1. The van der Waals surface area contributed by atoms with E-state index in [1.165, 1.54) is 17.7 Å². The summed E-state index contributed by atoms with van der Waals surface area (Å²) in [5.41, 5.74) is 3.97. The largest absolute Gasteiger partial charge is 0.390 e. The topological polar surface area (TPSA) is 41.9 Å². The van der Waals surface area contributed by atoms with Crippen molar-refractivity contribution in [2.24, 2.45) is 11.1 Å². The fraction of sp³-hybridized carbons (Fsp3) is 0.417. The summed E-state index contributed by atoms with van der Waals surface area (Å²) in [6, 6.07) is 14.7. The summed E-state index contributed by atoms with van der Waals surface area (Å²) in [7, 11) is 0. The Hall–Kier alpha value is -2.69. The highest BCUT2D eigenvalue weighted by Gasteiger charge is 2.31. The molecular weight excluding hydrogens is 367 g/mol. The van der Waals surface area contributed by atoms with Gasteiger partial charge in [0.05, 0.1) is 12.3 Å². The van der Waals surface area contributed by atoms with Gasteiger partial charge < -0.3 is 9.74 Å². The highest BCUT2D eigenvalue weighted by Crippen LogP contribution is 2.28. The first-order chi connectivity index (χ1) is 14.1. The number of nitrogens with zero attached hydrogens (tertiary/aromatic N) is 2. The van der Waals surface area contributed by atoms with E-state index in [4.69, 9.17) is 4.84 Å². The average molecular weight is 394 g/mol. The van der Waals surface area contributed by atoms with Gasteiger partial charge in [-0.25, -0.2) is 4.39 Å². The Labute approximate surface area is 171 Å². The zero-order valence-electron chi connectivity index (χ0n) is 16.8. The quantitative estimate of drug-likeness (QED) is 0.703. The molecule has 1 aliphatic heterocycles. The molecule has 1 atom stereocenters. The van der Waals surface area contributed by atoms with Crippen LogP contribution < -0.4 is 0 Å². The minimum Gasteiger partial charge on any atom is -0.390 e. The van der Waals surface area contributed by atoms with E-state index in [9.17, 15) is 9.18 Å². The van der Waals surface area contributed by atoms with Crippen molar-refractivity contribution in [3.8, 4) is 0 Å². The SMILES string of the molecule is Cc1ccc(C2=NO[C@@H](CN(Cc3cccc(F)c3)C(=O)C3CCCC3)C2)cc1. The first kappa shape index (κ1) is 19.6. The molecule has 0 radical (unpaired) electrons. The lowest BCUT2D eigenvalue weighted by molar-refractivity contribution is -0.137. The predicted molar refractivity (Wildman–Crippen MR) is 111 cm³/mol. The molecule has 2 aromatic carbocycles. The van der Waals surface area contributed by atoms with E-state index in [0.717, 1.165) is 42.5 Å². The molecule has 29 heavy (non-hydrogen) atoms. The van der Waals surface area contributed by atoms with Crippen molar-refractivity contribution >= 4 is 11.6 Å². The van der Waals surface area contributed by atoms with E-state index < -0.39 is 0 Å². The summed E-state index contributed by atoms with van der Waals surface area (Å²) in [6.45, 7) is 2.91. The summed E-state index contributed by atoms with van der Waals surface area (Å²) in [5, 5.41) is 4.27. The van der Waals surface area contributed by atoms with Crippen LogP contribution in [0.15, 0.2) is 53.7 Å². The van der Waals surface area contributed by atoms with E-state index in [-0.39, 0.29) is 23.7 Å². The van der Waals surface area contributed by atoms with Gasteiger partial charge in [-0.3, -0.25) is 4.79 Å². The van der Waals surface area contributed by atoms with E-state index in [1.54, 1.807) is 6.07 Å². The highest BCUT2D eigenvalue weighted by atomic mass is 19.1. The van der Waals surface area contributed by atoms with Crippen LogP contribution in [-0.2, 0) is 16.2 Å². The van der Waals surface area contributed by atoms with Crippen molar-refractivity contribution in [2.75, 3.05) is 6.54 Å². The molecule has 5 heteroatoms. The Morgan fingerprint density at radius 3 is 2.66 bits per heavy atom. The van der Waals surface area contributed by atoms with Gasteiger partial charge in [0.15, 0.2) is 6.10 Å². The number of carbonyl (C=O) groups excluding carboxylic acids is 1. The average Bonchev–Trinajstić information content (AvgIpc) is 3.40. The first-order valence-electron chi connectivity index (χ1n) is 10.4. The van der Waals surface area contributed by atoms with Gasteiger partial charge in [0, 0.05) is 18.9 Å². The molecule has 0 N–H and O–H groups in total. The van der Waals surface area contributed by atoms with Crippen molar-refractivity contribution < 1.29 is 14.0 Å². The van der Waals surface area contributed by atoms with E-state index in [1.807, 2.05) is 23.1 Å². The van der Waals surface area contributed by atoms with Crippen molar-refractivity contribution in [2.45, 2.75) is 51.7 Å². The Bertz CT molecular complexity index is 888. The van der Waals surface area contributed by atoms with Gasteiger partial charge in [-0.15, -0.1) is 0 Å². The molecule has 1 fully saturated rings. The van der Waals surface area contributed by atoms with Crippen LogP contribution >= 0.6 is 0 Å². The van der Waals surface area contributed by atoms with Crippen molar-refractivity contribution in [3.05, 3.63) is 71.0 Å². The van der Waals surface area contributed by atoms with Gasteiger partial charge in [0.2, 0.25) is 5.91 Å². The standard InChI is InChI=1S/C24H27FN2O2/c1-17-9-11-19(12-10-17)23-14-22(29-26-23)16-27(24(28)20-6-2-3-7-20)15-18-5-4-8-21(25)13-18/h4-5,8-13,20,22H,2-3,6-7,14-16H2,1H3/t22-/m1/s1. The summed E-state index contributed by atoms with van der Waals surface area (Å²) in [5.74, 6) is -0.0560. The molecular formula is C24H27FN2O2. The number of hydrogen-bond acceptors (Lipinski definition) is 3. The van der Waals surface area contributed by atoms with Gasteiger partial charge >= 0.3 is 0 Å². The van der Waals surface area contributed by atoms with Crippen LogP contribution in [0.3, 0.4) is 0 Å². The third-order valence-electron chi connectivity index (χ3n) is 5.82. The predicted octanol–water partition coefficient (Wildman–Crippen LogP) is 4.85. The molecule has 152 valence electrons. The Kier molecular flexibility index (Phi) is 5.93. The lowest BCUT2D eigenvalue weighted by Crippen LogP contribution is -2.40. The molecule has 2 aromatic rings. The number of aryl methyl sites for hydroxylation is 1. The van der Waals surface area contributed by atoms with Gasteiger partial charge in [-0.1, -0.05) is 60.0 Å². The number of carbonyl (C=O) groups is 1. The Morgan fingerprint density at radius 1 is 1.17 bits per heavy atom. The van der Waals surface area contributed by atoms with Gasteiger partial charge in [-0.05, 0) is 43.0 Å². The van der Waals surface area contributed by atoms with Crippen LogP contribution in [0.2, 0.25) is 0 Å². The maximum absolute atomic E-state index is 13.6. The van der Waals surface area contributed by atoms with Crippen molar-refractivity contribution in [1.29, 1.82) is 0 Å². The van der Waals surface area contributed by atoms with Crippen LogP contribution in [0.25, 0.3) is 0 Å². The molecule has 4 nitrogen and oxygen atoms in total. The third kappa shape index (κ3) is 4.84. The van der Waals surface area contributed by atoms with Gasteiger partial charge in [0.1, 0.15) is 5.82 Å². The monoisotopic (exact) mass is 394 g/mol. The van der Waals surface area contributed by atoms with E-state index >= 15 is 0 Å². The molecule has 0 saturated heterocycles. The van der Waals surface area contributed by atoms with Crippen LogP contribution in [0, 0.1) is 18.7 Å². The highest BCUT2D eigenvalue weighted by molar-refractivity contribution is 6.01. The lowest BCUT2D eigenvalue weighted by Gasteiger charge is -2.27. The number of rotatable bonds is 6. The van der Waals surface area contributed by atoms with Crippen molar-refractivity contribution in [3.63, 3.8) is 0 Å². The molecule has 0 unspecified atom stereocenters. The Morgan fingerprint density at radius 2 is 1.93 bits per heavy atom. The maximum Gasteiger partial charge on any atom is 0.226 e. The first-order valence-corrected chi connectivity index (χ1v) is 10.4. The van der Waals surface area contributed by atoms with Crippen LogP contribution in [0.1, 0.15) is 48.8 Å². The van der Waals surface area contributed by atoms with Crippen LogP contribution in [0.4, 0.5) is 4.39 Å². The van der Waals surface area contributed by atoms with Crippen LogP contribution in [0.5, 0.6) is 0 Å². The second-order valence-corrected chi connectivity index (χ2v) is 8.17. The van der Waals surface area contributed by atoms with Gasteiger partial charge in [-0.2, -0.15) is 0 Å². The second kappa shape index (κ2) is 8.76. The molecule has 2 aliphatic rings. The normalized spacial score (nSPS) is 19.1. The molecule has 0 spiro atoms. The zero-order chi connectivity index (χ0) is 20.2. The van der Waals surface area contributed by atoms with Crippen LogP contribution in [-0.4, -0.2) is 29.2 Å². The summed E-state index contributed by atoms with van der Waals surface area (Å²) in [4.78, 5) is 20.7. The number of hydrogen-bond donors (Lipinski definition) is 0. The minimum atomic E-state index is -0.280. The smallest absolute Gasteiger partial charge is 0.226 e. The molecule has 1 amide bonds. The van der Waals surface area contributed by atoms with E-state index in [2.05, 4.69) is 24.2 Å². The third-order valence-corrected chi connectivity index (χ3v) is 5.82. The molecule has 4 rings (SSSR count). The fourth-order valence-corrected chi connectivity index (χ4v) is 4.21. The summed E-state index contributed by atoms with van der Waals surface area (Å²) in [6.07, 6.45) is 4.57. The summed E-state index contributed by atoms with van der Waals surface area (Å²) >= 11 is 0. The fourth-order valence-electron chi connectivity index (χ4n) is 4.21. The molecule has 1 saturated carbocycles. The minimum absolute atomic E-state index is 0.0717. The number of benzene rings is 2. The zero-order valence-corrected chi connectivity index (χ0v) is 16.8. The maximum atomic E-state index is 13.6. The Balaban J connectivity index is 1.45.